The van der Waals surface area contributed by atoms with Gasteiger partial charge in [0.2, 0.25) is 0 Å². The summed E-state index contributed by atoms with van der Waals surface area (Å²) in [7, 11) is 0. The average molecular weight is 329 g/mol. The van der Waals surface area contributed by atoms with Gasteiger partial charge in [0.1, 0.15) is 0 Å². The van der Waals surface area contributed by atoms with Crippen LogP contribution in [0.1, 0.15) is 12.5 Å². The Morgan fingerprint density at radius 1 is 1.47 bits per heavy atom. The molecule has 0 saturated heterocycles. The number of alkyl halides is 3. The highest BCUT2D eigenvalue weighted by Gasteiger charge is 2.30. The SMILES string of the molecule is C/C(=C/Cl)CNc1cc(C(F)(F)F)ccc1Br. The average Bonchev–Trinajstić information content (AvgIpc) is 2.26. The molecule has 0 radical (unpaired) electrons. The molecule has 0 spiro atoms. The molecule has 0 atom stereocenters. The lowest BCUT2D eigenvalue weighted by Crippen LogP contribution is -2.08. The van der Waals surface area contributed by atoms with E-state index in [4.69, 9.17) is 11.6 Å². The van der Waals surface area contributed by atoms with Gasteiger partial charge in [0.25, 0.3) is 0 Å². The second-order valence-electron chi connectivity index (χ2n) is 3.50. The second kappa shape index (κ2) is 5.78. The van der Waals surface area contributed by atoms with Crippen molar-refractivity contribution >= 4 is 33.2 Å². The van der Waals surface area contributed by atoms with E-state index in [0.717, 1.165) is 17.7 Å². The quantitative estimate of drug-likeness (QED) is 0.821. The third kappa shape index (κ3) is 4.24. The standard InChI is InChI=1S/C11H10BrClF3N/c1-7(5-13)6-17-10-4-8(11(14,15)16)2-3-9(10)12/h2-5,17H,6H2,1H3/b7-5-. The first-order valence-electron chi connectivity index (χ1n) is 4.71. The summed E-state index contributed by atoms with van der Waals surface area (Å²) in [5.41, 5.74) is 1.92. The van der Waals surface area contributed by atoms with Crippen molar-refractivity contribution < 1.29 is 13.2 Å². The number of nitrogens with one attached hydrogen (secondary N) is 1. The maximum atomic E-state index is 12.5. The van der Waals surface area contributed by atoms with Crippen LogP contribution in [-0.2, 0) is 6.18 Å². The largest absolute Gasteiger partial charge is 0.416 e. The van der Waals surface area contributed by atoms with Gasteiger partial charge in [-0.3, -0.25) is 0 Å². The minimum absolute atomic E-state index is 0.387. The molecule has 94 valence electrons. The van der Waals surface area contributed by atoms with Gasteiger partial charge in [-0.05, 0) is 46.6 Å². The third-order valence-corrected chi connectivity index (χ3v) is 3.10. The van der Waals surface area contributed by atoms with Crippen molar-refractivity contribution in [2.45, 2.75) is 13.1 Å². The fourth-order valence-electron chi connectivity index (χ4n) is 1.11. The van der Waals surface area contributed by atoms with Crippen molar-refractivity contribution in [3.63, 3.8) is 0 Å². The summed E-state index contributed by atoms with van der Waals surface area (Å²) >= 11 is 8.66. The summed E-state index contributed by atoms with van der Waals surface area (Å²) in [6.45, 7) is 2.17. The van der Waals surface area contributed by atoms with Gasteiger partial charge in [0.15, 0.2) is 0 Å². The zero-order valence-corrected chi connectivity index (χ0v) is 11.2. The zero-order chi connectivity index (χ0) is 13.1. The molecule has 6 heteroatoms. The molecule has 0 aliphatic carbocycles. The van der Waals surface area contributed by atoms with Crippen LogP contribution in [0.15, 0.2) is 33.8 Å². The highest BCUT2D eigenvalue weighted by Crippen LogP contribution is 2.33. The summed E-state index contributed by atoms with van der Waals surface area (Å²) in [5, 5.41) is 2.88. The summed E-state index contributed by atoms with van der Waals surface area (Å²) < 4.78 is 38.0. The Morgan fingerprint density at radius 2 is 2.12 bits per heavy atom. The second-order valence-corrected chi connectivity index (χ2v) is 4.57. The first-order chi connectivity index (χ1) is 7.84. The van der Waals surface area contributed by atoms with Crippen molar-refractivity contribution in [1.29, 1.82) is 0 Å². The summed E-state index contributed by atoms with van der Waals surface area (Å²) in [5.74, 6) is 0. The van der Waals surface area contributed by atoms with E-state index in [1.165, 1.54) is 11.6 Å². The molecule has 0 heterocycles. The topological polar surface area (TPSA) is 12.0 Å². The van der Waals surface area contributed by atoms with Gasteiger partial charge >= 0.3 is 6.18 Å². The lowest BCUT2D eigenvalue weighted by molar-refractivity contribution is -0.137. The predicted molar refractivity (Wildman–Crippen MR) is 67.2 cm³/mol. The van der Waals surface area contributed by atoms with Crippen molar-refractivity contribution in [2.75, 3.05) is 11.9 Å². The van der Waals surface area contributed by atoms with Crippen molar-refractivity contribution in [3.05, 3.63) is 39.3 Å². The van der Waals surface area contributed by atoms with Gasteiger partial charge in [-0.1, -0.05) is 11.6 Å². The normalized spacial score (nSPS) is 12.7. The lowest BCUT2D eigenvalue weighted by atomic mass is 10.2. The molecule has 0 bridgehead atoms. The Hall–Kier alpha value is -0.680. The molecular formula is C11H10BrClF3N. The Morgan fingerprint density at radius 3 is 2.65 bits per heavy atom. The molecule has 0 fully saturated rings. The Kier molecular flexibility index (Phi) is 4.89. The van der Waals surface area contributed by atoms with Gasteiger partial charge in [0, 0.05) is 22.2 Å². The maximum absolute atomic E-state index is 12.5. The van der Waals surface area contributed by atoms with Crippen LogP contribution in [0.2, 0.25) is 0 Å². The molecule has 0 amide bonds. The number of halogens is 5. The first-order valence-corrected chi connectivity index (χ1v) is 5.94. The zero-order valence-electron chi connectivity index (χ0n) is 8.91. The molecule has 1 N–H and O–H groups in total. The molecule has 1 rings (SSSR count). The van der Waals surface area contributed by atoms with E-state index >= 15 is 0 Å². The molecule has 1 aromatic rings. The molecular weight excluding hydrogens is 318 g/mol. The number of hydrogen-bond acceptors (Lipinski definition) is 1. The van der Waals surface area contributed by atoms with Crippen molar-refractivity contribution in [1.82, 2.24) is 0 Å². The first kappa shape index (κ1) is 14.4. The summed E-state index contributed by atoms with van der Waals surface area (Å²) in [6, 6.07) is 3.45. The van der Waals surface area contributed by atoms with Gasteiger partial charge in [-0.2, -0.15) is 13.2 Å². The highest BCUT2D eigenvalue weighted by atomic mass is 79.9. The van der Waals surface area contributed by atoms with Crippen LogP contribution in [0, 0.1) is 0 Å². The molecule has 0 aliphatic rings. The Bertz CT molecular complexity index is 429. The predicted octanol–water partition coefficient (Wildman–Crippen LogP) is 5.02. The number of rotatable bonds is 3. The van der Waals surface area contributed by atoms with E-state index in [2.05, 4.69) is 21.2 Å². The number of benzene rings is 1. The monoisotopic (exact) mass is 327 g/mol. The smallest absolute Gasteiger partial charge is 0.380 e. The van der Waals surface area contributed by atoms with Crippen molar-refractivity contribution in [2.24, 2.45) is 0 Å². The molecule has 1 nitrogen and oxygen atoms in total. The third-order valence-electron chi connectivity index (χ3n) is 2.04. The maximum Gasteiger partial charge on any atom is 0.416 e. The lowest BCUT2D eigenvalue weighted by Gasteiger charge is -2.12. The van der Waals surface area contributed by atoms with Crippen LogP contribution in [0.4, 0.5) is 18.9 Å². The van der Waals surface area contributed by atoms with Crippen molar-refractivity contribution in [3.8, 4) is 0 Å². The van der Waals surface area contributed by atoms with E-state index < -0.39 is 11.7 Å². The Balaban J connectivity index is 2.91. The molecule has 0 saturated carbocycles. The molecule has 0 unspecified atom stereocenters. The Labute approximate surface area is 111 Å². The van der Waals surface area contributed by atoms with Crippen LogP contribution >= 0.6 is 27.5 Å². The van der Waals surface area contributed by atoms with Crippen LogP contribution in [0.3, 0.4) is 0 Å². The fourth-order valence-corrected chi connectivity index (χ4v) is 1.57. The molecule has 1 aromatic carbocycles. The number of hydrogen-bond donors (Lipinski definition) is 1. The van der Waals surface area contributed by atoms with Gasteiger partial charge in [-0.25, -0.2) is 0 Å². The van der Waals surface area contributed by atoms with Crippen LogP contribution in [0.25, 0.3) is 0 Å². The number of anilines is 1. The van der Waals surface area contributed by atoms with Crippen LogP contribution in [0.5, 0.6) is 0 Å². The van der Waals surface area contributed by atoms with Gasteiger partial charge in [0.05, 0.1) is 5.56 Å². The van der Waals surface area contributed by atoms with E-state index in [0.29, 0.717) is 16.7 Å². The minimum atomic E-state index is -4.34. The fraction of sp³-hybridized carbons (Fsp3) is 0.273. The summed E-state index contributed by atoms with van der Waals surface area (Å²) in [4.78, 5) is 0. The highest BCUT2D eigenvalue weighted by molar-refractivity contribution is 9.10. The minimum Gasteiger partial charge on any atom is -0.380 e. The molecule has 0 aliphatic heterocycles. The van der Waals surface area contributed by atoms with E-state index in [1.54, 1.807) is 6.92 Å². The summed E-state index contributed by atoms with van der Waals surface area (Å²) in [6.07, 6.45) is -4.34. The van der Waals surface area contributed by atoms with E-state index in [9.17, 15) is 13.2 Å². The van der Waals surface area contributed by atoms with Crippen LogP contribution < -0.4 is 5.32 Å². The van der Waals surface area contributed by atoms with Gasteiger partial charge < -0.3 is 5.32 Å². The van der Waals surface area contributed by atoms with E-state index in [1.807, 2.05) is 0 Å². The van der Waals surface area contributed by atoms with Crippen LogP contribution in [-0.4, -0.2) is 6.54 Å². The molecule has 17 heavy (non-hydrogen) atoms. The van der Waals surface area contributed by atoms with Gasteiger partial charge in [-0.15, -0.1) is 0 Å². The van der Waals surface area contributed by atoms with E-state index in [-0.39, 0.29) is 0 Å². The molecule has 0 aromatic heterocycles.